The average molecular weight is 560 g/mol. The first-order valence-electron chi connectivity index (χ1n) is 11.4. The molecule has 2 aromatic carbocycles. The van der Waals surface area contributed by atoms with Crippen molar-refractivity contribution >= 4 is 39.3 Å². The number of fused-ring (bicyclic) bond motifs is 3. The Morgan fingerprint density at radius 3 is 2.54 bits per heavy atom. The summed E-state index contributed by atoms with van der Waals surface area (Å²) in [7, 11) is 0. The number of imidazole rings is 1. The van der Waals surface area contributed by atoms with Crippen LogP contribution in [0.3, 0.4) is 0 Å². The summed E-state index contributed by atoms with van der Waals surface area (Å²) in [4.78, 5) is 43.6. The van der Waals surface area contributed by atoms with Crippen molar-refractivity contribution in [3.05, 3.63) is 91.0 Å². The summed E-state index contributed by atoms with van der Waals surface area (Å²) < 4.78 is 3.77. The summed E-state index contributed by atoms with van der Waals surface area (Å²) >= 11 is 9.52. The van der Waals surface area contributed by atoms with E-state index in [1.807, 2.05) is 30.3 Å². The fraction of sp³-hybridized carbons (Fsp3) is 0.320. The zero-order valence-electron chi connectivity index (χ0n) is 18.9. The van der Waals surface area contributed by atoms with Crippen LogP contribution in [0.4, 0.5) is 0 Å². The summed E-state index contributed by atoms with van der Waals surface area (Å²) in [5.74, 6) is -0.751. The molecular weight excluding hydrogens is 536 g/mol. The number of halogens is 2. The van der Waals surface area contributed by atoms with Crippen molar-refractivity contribution in [3.63, 3.8) is 0 Å². The van der Waals surface area contributed by atoms with E-state index in [9.17, 15) is 19.5 Å². The van der Waals surface area contributed by atoms with Gasteiger partial charge in [-0.3, -0.25) is 18.7 Å². The highest BCUT2D eigenvalue weighted by Gasteiger charge is 2.36. The van der Waals surface area contributed by atoms with Crippen LogP contribution in [0.5, 0.6) is 0 Å². The third-order valence-corrected chi connectivity index (χ3v) is 7.83. The van der Waals surface area contributed by atoms with Crippen LogP contribution in [0.15, 0.2) is 57.8 Å². The van der Waals surface area contributed by atoms with Gasteiger partial charge in [-0.05, 0) is 39.7 Å². The maximum Gasteiger partial charge on any atom is 0.329 e. The second-order valence-electron chi connectivity index (χ2n) is 8.92. The predicted octanol–water partition coefficient (Wildman–Crippen LogP) is 2.99. The molecule has 0 fully saturated rings. The van der Waals surface area contributed by atoms with Gasteiger partial charge in [-0.2, -0.15) is 0 Å². The SMILES string of the molecule is O=C(c1ccc(Br)c(Cl)c1)N1CCn2c(c3n(c2=O)C[C@@H](CO)CN(Cc2ccccc2)C3=O)C1. The summed E-state index contributed by atoms with van der Waals surface area (Å²) in [6.45, 7) is 1.59. The number of nitrogens with zero attached hydrogens (tertiary/aromatic N) is 4. The first-order chi connectivity index (χ1) is 16.9. The number of aromatic nitrogens is 2. The van der Waals surface area contributed by atoms with Crippen molar-refractivity contribution < 1.29 is 14.7 Å². The number of amides is 2. The number of aliphatic hydroxyl groups excluding tert-OH is 1. The second-order valence-corrected chi connectivity index (χ2v) is 10.2. The number of carbonyl (C=O) groups excluding carboxylic acids is 2. The Hall–Kier alpha value is -2.88. The Labute approximate surface area is 215 Å². The summed E-state index contributed by atoms with van der Waals surface area (Å²) in [5, 5.41) is 10.4. The highest BCUT2D eigenvalue weighted by molar-refractivity contribution is 9.10. The molecule has 1 aromatic heterocycles. The molecule has 5 rings (SSSR count). The minimum atomic E-state index is -0.276. The molecular formula is C25H24BrClN4O4. The molecule has 35 heavy (non-hydrogen) atoms. The molecule has 2 amide bonds. The molecule has 2 aliphatic rings. The number of hydrogen-bond donors (Lipinski definition) is 1. The average Bonchev–Trinajstić information content (AvgIpc) is 3.05. The molecule has 0 radical (unpaired) electrons. The van der Waals surface area contributed by atoms with E-state index in [1.165, 1.54) is 4.57 Å². The molecule has 3 aromatic rings. The molecule has 8 nitrogen and oxygen atoms in total. The molecule has 182 valence electrons. The van der Waals surface area contributed by atoms with E-state index in [0.717, 1.165) is 5.56 Å². The molecule has 1 atom stereocenters. The van der Waals surface area contributed by atoms with Gasteiger partial charge in [-0.15, -0.1) is 0 Å². The quantitative estimate of drug-likeness (QED) is 0.533. The van der Waals surface area contributed by atoms with Crippen LogP contribution in [0, 0.1) is 5.92 Å². The Morgan fingerprint density at radius 2 is 1.83 bits per heavy atom. The van der Waals surface area contributed by atoms with Gasteiger partial charge in [0.05, 0.1) is 17.3 Å². The van der Waals surface area contributed by atoms with Crippen molar-refractivity contribution in [2.75, 3.05) is 19.7 Å². The van der Waals surface area contributed by atoms with Crippen molar-refractivity contribution in [1.29, 1.82) is 0 Å². The molecule has 3 heterocycles. The minimum absolute atomic E-state index is 0.138. The third-order valence-electron chi connectivity index (χ3n) is 6.60. The standard InChI is InChI=1S/C25H24BrClN4O4/c26-19-7-6-18(10-20(19)27)23(33)28-8-9-30-21(14-28)22-24(34)29(11-16-4-2-1-3-5-16)12-17(15-32)13-31(22)25(30)35/h1-7,10,17,32H,8-9,11-15H2/t17-/m0/s1. The Bertz CT molecular complexity index is 1350. The first kappa shape index (κ1) is 23.8. The lowest BCUT2D eigenvalue weighted by atomic mass is 10.1. The maximum absolute atomic E-state index is 13.8. The lowest BCUT2D eigenvalue weighted by Crippen LogP contribution is -2.42. The zero-order valence-corrected chi connectivity index (χ0v) is 21.2. The number of rotatable bonds is 4. The number of aliphatic hydroxyl groups is 1. The number of hydrogen-bond acceptors (Lipinski definition) is 4. The smallest absolute Gasteiger partial charge is 0.329 e. The zero-order chi connectivity index (χ0) is 24.7. The van der Waals surface area contributed by atoms with Crippen molar-refractivity contribution in [1.82, 2.24) is 18.9 Å². The van der Waals surface area contributed by atoms with Crippen LogP contribution < -0.4 is 5.69 Å². The van der Waals surface area contributed by atoms with E-state index in [1.54, 1.807) is 32.6 Å². The van der Waals surface area contributed by atoms with Gasteiger partial charge >= 0.3 is 5.69 Å². The van der Waals surface area contributed by atoms with Gasteiger partial charge in [-0.25, -0.2) is 4.79 Å². The lowest BCUT2D eigenvalue weighted by molar-refractivity contribution is 0.0672. The molecule has 1 N–H and O–H groups in total. The van der Waals surface area contributed by atoms with Crippen LogP contribution in [0.1, 0.15) is 32.1 Å². The first-order valence-corrected chi connectivity index (χ1v) is 12.5. The molecule has 0 unspecified atom stereocenters. The summed E-state index contributed by atoms with van der Waals surface area (Å²) in [5.41, 5.74) is 1.96. The fourth-order valence-electron chi connectivity index (χ4n) is 4.82. The van der Waals surface area contributed by atoms with Gasteiger partial charge in [0.1, 0.15) is 5.69 Å². The predicted molar refractivity (Wildman–Crippen MR) is 134 cm³/mol. The maximum atomic E-state index is 13.8. The van der Waals surface area contributed by atoms with E-state index in [-0.39, 0.29) is 43.1 Å². The van der Waals surface area contributed by atoms with Crippen LogP contribution in [-0.2, 0) is 26.2 Å². The highest BCUT2D eigenvalue weighted by atomic mass is 79.9. The lowest BCUT2D eigenvalue weighted by Gasteiger charge is -2.29. The largest absolute Gasteiger partial charge is 0.396 e. The fourth-order valence-corrected chi connectivity index (χ4v) is 5.25. The Morgan fingerprint density at radius 1 is 1.06 bits per heavy atom. The normalized spacial score (nSPS) is 17.7. The van der Waals surface area contributed by atoms with Crippen LogP contribution in [0.25, 0.3) is 0 Å². The highest BCUT2D eigenvalue weighted by Crippen LogP contribution is 2.27. The van der Waals surface area contributed by atoms with Crippen molar-refractivity contribution in [3.8, 4) is 0 Å². The monoisotopic (exact) mass is 558 g/mol. The molecule has 0 spiro atoms. The topological polar surface area (TPSA) is 87.8 Å². The van der Waals surface area contributed by atoms with Gasteiger partial charge in [-0.1, -0.05) is 41.9 Å². The van der Waals surface area contributed by atoms with Gasteiger partial charge in [0, 0.05) is 55.3 Å². The van der Waals surface area contributed by atoms with E-state index in [0.29, 0.717) is 52.6 Å². The van der Waals surface area contributed by atoms with Gasteiger partial charge in [0.15, 0.2) is 0 Å². The Balaban J connectivity index is 1.50. The van der Waals surface area contributed by atoms with Crippen LogP contribution >= 0.6 is 27.5 Å². The van der Waals surface area contributed by atoms with Gasteiger partial charge in [0.25, 0.3) is 11.8 Å². The van der Waals surface area contributed by atoms with Crippen LogP contribution in [-0.4, -0.2) is 55.6 Å². The molecule has 0 aliphatic carbocycles. The van der Waals surface area contributed by atoms with Crippen molar-refractivity contribution in [2.45, 2.75) is 26.2 Å². The minimum Gasteiger partial charge on any atom is -0.396 e. The molecule has 2 aliphatic heterocycles. The van der Waals surface area contributed by atoms with Gasteiger partial charge in [0.2, 0.25) is 0 Å². The second kappa shape index (κ2) is 9.64. The van der Waals surface area contributed by atoms with Crippen LogP contribution in [0.2, 0.25) is 5.02 Å². The molecule has 10 heteroatoms. The van der Waals surface area contributed by atoms with E-state index >= 15 is 0 Å². The molecule has 0 saturated heterocycles. The third kappa shape index (κ3) is 4.44. The van der Waals surface area contributed by atoms with E-state index < -0.39 is 0 Å². The number of carbonyl (C=O) groups is 2. The number of benzene rings is 2. The summed E-state index contributed by atoms with van der Waals surface area (Å²) in [6, 6.07) is 14.6. The van der Waals surface area contributed by atoms with Crippen molar-refractivity contribution in [2.24, 2.45) is 5.92 Å². The van der Waals surface area contributed by atoms with Gasteiger partial charge < -0.3 is 14.9 Å². The Kier molecular flexibility index (Phi) is 6.57. The van der Waals surface area contributed by atoms with E-state index in [4.69, 9.17) is 11.6 Å². The van der Waals surface area contributed by atoms with E-state index in [2.05, 4.69) is 15.9 Å². The molecule has 0 bridgehead atoms. The molecule has 0 saturated carbocycles. The summed E-state index contributed by atoms with van der Waals surface area (Å²) in [6.07, 6.45) is 0.